The van der Waals surface area contributed by atoms with Crippen molar-refractivity contribution < 1.29 is 49.3 Å². The lowest BCUT2D eigenvalue weighted by Gasteiger charge is -2.41. The summed E-state index contributed by atoms with van der Waals surface area (Å²) in [6.45, 7) is 5.77. The number of unbranched alkanes of at least 4 members (excludes halogenated alkanes) is 37. The molecular formula is C80H141NO10. The van der Waals surface area contributed by atoms with Gasteiger partial charge >= 0.3 is 5.97 Å². The van der Waals surface area contributed by atoms with Crippen LogP contribution in [0, 0.1) is 0 Å². The van der Waals surface area contributed by atoms with Crippen molar-refractivity contribution in [1.82, 2.24) is 5.32 Å². The molecule has 0 spiro atoms. The Balaban J connectivity index is 2.56. The third kappa shape index (κ3) is 53.5. The quantitative estimate of drug-likeness (QED) is 0.0195. The molecule has 526 valence electrons. The topological polar surface area (TPSA) is 175 Å². The number of ether oxygens (including phenoxy) is 3. The van der Waals surface area contributed by atoms with Crippen LogP contribution in [-0.2, 0) is 23.8 Å². The van der Waals surface area contributed by atoms with Gasteiger partial charge in [-0.2, -0.15) is 0 Å². The van der Waals surface area contributed by atoms with Gasteiger partial charge in [0.2, 0.25) is 5.91 Å². The van der Waals surface area contributed by atoms with E-state index in [1.807, 2.05) is 6.08 Å². The molecule has 1 fully saturated rings. The van der Waals surface area contributed by atoms with Gasteiger partial charge in [-0.1, -0.05) is 317 Å². The highest BCUT2D eigenvalue weighted by Crippen LogP contribution is 2.26. The maximum absolute atomic E-state index is 13.5. The zero-order valence-corrected chi connectivity index (χ0v) is 58.7. The van der Waals surface area contributed by atoms with Gasteiger partial charge in [-0.05, 0) is 109 Å². The van der Waals surface area contributed by atoms with E-state index in [0.717, 1.165) is 116 Å². The van der Waals surface area contributed by atoms with Crippen LogP contribution in [0.15, 0.2) is 97.2 Å². The number of amides is 1. The number of esters is 1. The van der Waals surface area contributed by atoms with E-state index in [0.29, 0.717) is 12.8 Å². The Kier molecular flexibility index (Phi) is 62.6. The summed E-state index contributed by atoms with van der Waals surface area (Å²) in [5.74, 6) is -1.20. The van der Waals surface area contributed by atoms with Crippen molar-refractivity contribution in [1.29, 1.82) is 0 Å². The van der Waals surface area contributed by atoms with Gasteiger partial charge in [0.05, 0.1) is 25.4 Å². The molecule has 0 bridgehead atoms. The van der Waals surface area contributed by atoms with E-state index in [1.165, 1.54) is 173 Å². The number of hydrogen-bond acceptors (Lipinski definition) is 10. The summed E-state index contributed by atoms with van der Waals surface area (Å²) in [4.78, 5) is 26.8. The van der Waals surface area contributed by atoms with Crippen LogP contribution in [0.1, 0.15) is 335 Å². The molecular weight excluding hydrogens is 1130 g/mol. The molecule has 0 aliphatic carbocycles. The SMILES string of the molecule is CCCCC/C=C\C/C=C\C/C=C\C/C=C\CCCCCCCCCC(=O)OC1C(OCC(NC(=O)C(O)CCCCCCCCCCCCCCC/C=C\C/C=C\C/C=C\CCCCC)C(O)/C=C/CCCCCCCCCCCCC)OC(CO)C(O)C1O. The number of carbonyl (C=O) groups excluding carboxylic acids is 2. The minimum absolute atomic E-state index is 0.108. The molecule has 1 heterocycles. The fraction of sp³-hybridized carbons (Fsp3) is 0.775. The normalized spacial score (nSPS) is 18.5. The minimum atomic E-state index is -1.62. The predicted molar refractivity (Wildman–Crippen MR) is 384 cm³/mol. The van der Waals surface area contributed by atoms with Gasteiger partial charge in [-0.15, -0.1) is 0 Å². The van der Waals surface area contributed by atoms with Crippen LogP contribution in [0.4, 0.5) is 0 Å². The second-order valence-electron chi connectivity index (χ2n) is 26.0. The first-order valence-corrected chi connectivity index (χ1v) is 38.0. The van der Waals surface area contributed by atoms with Gasteiger partial charge in [0, 0.05) is 6.42 Å². The molecule has 11 nitrogen and oxygen atoms in total. The number of aliphatic hydroxyl groups excluding tert-OH is 5. The smallest absolute Gasteiger partial charge is 0.306 e. The van der Waals surface area contributed by atoms with E-state index in [-0.39, 0.29) is 19.4 Å². The molecule has 91 heavy (non-hydrogen) atoms. The number of aliphatic hydroxyl groups is 5. The average Bonchev–Trinajstić information content (AvgIpc) is 1.01. The second-order valence-corrected chi connectivity index (χ2v) is 26.0. The Hall–Kier alpha value is -3.42. The first-order chi connectivity index (χ1) is 44.7. The third-order valence-electron chi connectivity index (χ3n) is 17.5. The zero-order chi connectivity index (χ0) is 66.0. The fourth-order valence-electron chi connectivity index (χ4n) is 11.5. The van der Waals surface area contributed by atoms with Crippen LogP contribution in [0.2, 0.25) is 0 Å². The predicted octanol–water partition coefficient (Wildman–Crippen LogP) is 20.2. The molecule has 0 aromatic heterocycles. The maximum Gasteiger partial charge on any atom is 0.306 e. The summed E-state index contributed by atoms with van der Waals surface area (Å²) in [6, 6.07) is -1.03. The lowest BCUT2D eigenvalue weighted by molar-refractivity contribution is -0.305. The Labute approximate surface area is 558 Å². The lowest BCUT2D eigenvalue weighted by Crippen LogP contribution is -2.61. The molecule has 0 aromatic rings. The number of allylic oxidation sites excluding steroid dienone is 15. The van der Waals surface area contributed by atoms with Crippen molar-refractivity contribution in [3.63, 3.8) is 0 Å². The van der Waals surface area contributed by atoms with E-state index in [2.05, 4.69) is 111 Å². The first kappa shape index (κ1) is 85.6. The van der Waals surface area contributed by atoms with Gasteiger partial charge < -0.3 is 45.1 Å². The highest BCUT2D eigenvalue weighted by molar-refractivity contribution is 5.80. The van der Waals surface area contributed by atoms with E-state index < -0.39 is 67.4 Å². The average molecular weight is 1280 g/mol. The summed E-state index contributed by atoms with van der Waals surface area (Å²) in [7, 11) is 0. The molecule has 8 atom stereocenters. The summed E-state index contributed by atoms with van der Waals surface area (Å²) < 4.78 is 17.7. The minimum Gasteiger partial charge on any atom is -0.454 e. The molecule has 1 aliphatic heterocycles. The van der Waals surface area contributed by atoms with Gasteiger partial charge in [-0.25, -0.2) is 0 Å². The monoisotopic (exact) mass is 1280 g/mol. The summed E-state index contributed by atoms with van der Waals surface area (Å²) in [6.07, 6.45) is 80.1. The number of hydrogen-bond donors (Lipinski definition) is 6. The van der Waals surface area contributed by atoms with Gasteiger partial charge in [-0.3, -0.25) is 9.59 Å². The van der Waals surface area contributed by atoms with Crippen LogP contribution in [0.5, 0.6) is 0 Å². The van der Waals surface area contributed by atoms with E-state index in [4.69, 9.17) is 14.2 Å². The molecule has 1 amide bonds. The van der Waals surface area contributed by atoms with Crippen LogP contribution >= 0.6 is 0 Å². The van der Waals surface area contributed by atoms with Gasteiger partial charge in [0.15, 0.2) is 12.4 Å². The molecule has 1 rings (SSSR count). The van der Waals surface area contributed by atoms with Crippen LogP contribution in [-0.4, -0.2) is 99.6 Å². The molecule has 8 unspecified atom stereocenters. The van der Waals surface area contributed by atoms with Crippen molar-refractivity contribution in [3.05, 3.63) is 97.2 Å². The third-order valence-corrected chi connectivity index (χ3v) is 17.5. The largest absolute Gasteiger partial charge is 0.454 e. The standard InChI is InChI=1S/C80H141NO10/c1-4-7-10-13-16-19-22-25-27-29-31-33-35-36-37-39-40-42-44-46-49-52-55-58-61-64-67-73(84)79(88)81-71(72(83)66-63-60-57-54-51-48-24-21-18-15-12-9-6-3)70-89-80-78(77(87)76(86)74(69-82)90-80)91-75(85)68-65-62-59-56-53-50-47-45-43-41-38-34-32-30-28-26-23-20-17-14-11-8-5-2/h16-17,19-20,25-28,31-34,41,43,63,66,71-74,76-78,80,82-84,86-87H,4-15,18,21-24,29-30,35-40,42,44-62,64-65,67-70H2,1-3H3,(H,81,88)/b19-16-,20-17-,27-25-,28-26-,33-31-,34-32-,43-41-,66-63+. The maximum atomic E-state index is 13.5. The molecule has 0 aromatic carbocycles. The first-order valence-electron chi connectivity index (χ1n) is 38.0. The van der Waals surface area contributed by atoms with Crippen LogP contribution in [0.3, 0.4) is 0 Å². The van der Waals surface area contributed by atoms with Gasteiger partial charge in [0.1, 0.15) is 24.4 Å². The number of nitrogens with one attached hydrogen (secondary N) is 1. The van der Waals surface area contributed by atoms with Gasteiger partial charge in [0.25, 0.3) is 0 Å². The molecule has 1 saturated heterocycles. The number of carbonyl (C=O) groups is 2. The zero-order valence-electron chi connectivity index (χ0n) is 58.7. The van der Waals surface area contributed by atoms with Crippen molar-refractivity contribution in [2.75, 3.05) is 13.2 Å². The van der Waals surface area contributed by atoms with E-state index >= 15 is 0 Å². The Bertz CT molecular complexity index is 1860. The van der Waals surface area contributed by atoms with E-state index in [1.54, 1.807) is 6.08 Å². The highest BCUT2D eigenvalue weighted by atomic mass is 16.7. The Morgan fingerprint density at radius 1 is 0.429 bits per heavy atom. The Morgan fingerprint density at radius 2 is 0.758 bits per heavy atom. The molecule has 1 aliphatic rings. The molecule has 0 radical (unpaired) electrons. The summed E-state index contributed by atoms with van der Waals surface area (Å²) in [5.41, 5.74) is 0. The van der Waals surface area contributed by atoms with Crippen molar-refractivity contribution in [2.24, 2.45) is 0 Å². The van der Waals surface area contributed by atoms with E-state index in [9.17, 15) is 35.1 Å². The second kappa shape index (κ2) is 66.6. The van der Waals surface area contributed by atoms with Crippen molar-refractivity contribution in [3.8, 4) is 0 Å². The van der Waals surface area contributed by atoms with Crippen molar-refractivity contribution in [2.45, 2.75) is 384 Å². The molecule has 6 N–H and O–H groups in total. The highest BCUT2D eigenvalue weighted by Gasteiger charge is 2.47. The summed E-state index contributed by atoms with van der Waals surface area (Å²) >= 11 is 0. The van der Waals surface area contributed by atoms with Crippen LogP contribution in [0.25, 0.3) is 0 Å². The molecule has 0 saturated carbocycles. The number of rotatable bonds is 65. The van der Waals surface area contributed by atoms with Crippen LogP contribution < -0.4 is 5.32 Å². The van der Waals surface area contributed by atoms with Crippen molar-refractivity contribution >= 4 is 11.9 Å². The lowest BCUT2D eigenvalue weighted by atomic mass is 9.99. The fourth-order valence-corrected chi connectivity index (χ4v) is 11.5. The molecule has 11 heteroatoms. The Morgan fingerprint density at radius 3 is 1.15 bits per heavy atom. The summed E-state index contributed by atoms with van der Waals surface area (Å²) in [5, 5.41) is 57.4.